The summed E-state index contributed by atoms with van der Waals surface area (Å²) in [6.07, 6.45) is 14.5. The van der Waals surface area contributed by atoms with Gasteiger partial charge in [0.25, 0.3) is 5.91 Å². The van der Waals surface area contributed by atoms with Gasteiger partial charge >= 0.3 is 6.03 Å². The van der Waals surface area contributed by atoms with E-state index in [1.807, 2.05) is 42.5 Å². The molecule has 0 radical (unpaired) electrons. The van der Waals surface area contributed by atoms with E-state index in [-0.39, 0.29) is 18.4 Å². The molecule has 42 heavy (non-hydrogen) atoms. The molecule has 1 aliphatic heterocycles. The Labute approximate surface area is 245 Å². The van der Waals surface area contributed by atoms with Gasteiger partial charge in [-0.25, -0.2) is 4.79 Å². The summed E-state index contributed by atoms with van der Waals surface area (Å²) in [7, 11) is 0. The third-order valence-electron chi connectivity index (χ3n) is 6.88. The molecule has 214 valence electrons. The number of nitrogen functional groups attached to an aromatic ring is 1. The molecule has 0 bridgehead atoms. The Bertz CT molecular complexity index is 1530. The highest BCUT2D eigenvalue weighted by Crippen LogP contribution is 2.23. The topological polar surface area (TPSA) is 119 Å². The molecule has 0 atom stereocenters. The second-order valence-electron chi connectivity index (χ2n) is 10.0. The Morgan fingerprint density at radius 1 is 1.02 bits per heavy atom. The summed E-state index contributed by atoms with van der Waals surface area (Å²) in [6.45, 7) is 0.817. The Kier molecular flexibility index (Phi) is 9.41. The number of hydrogen-bond donors (Lipinski definition) is 2. The molecule has 0 spiro atoms. The van der Waals surface area contributed by atoms with Gasteiger partial charge in [0.15, 0.2) is 6.61 Å². The first-order valence-electron chi connectivity index (χ1n) is 13.9. The van der Waals surface area contributed by atoms with Crippen LogP contribution in [0.5, 0.6) is 0 Å². The third kappa shape index (κ3) is 7.94. The van der Waals surface area contributed by atoms with Crippen molar-refractivity contribution in [3.8, 4) is 0 Å². The number of allylic oxidation sites excluding steroid dienone is 4. The first-order valence-corrected chi connectivity index (χ1v) is 13.9. The number of pyridine rings is 1. The van der Waals surface area contributed by atoms with Gasteiger partial charge < -0.3 is 25.4 Å². The minimum Gasteiger partial charge on any atom is -0.488 e. The van der Waals surface area contributed by atoms with Gasteiger partial charge in [0, 0.05) is 37.5 Å². The number of nitrogens with one attached hydrogen (secondary N) is 1. The molecule has 9 nitrogen and oxygen atoms in total. The predicted octanol–water partition coefficient (Wildman–Crippen LogP) is 6.03. The van der Waals surface area contributed by atoms with E-state index in [4.69, 9.17) is 15.2 Å². The SMILES string of the molecule is Nc1ccccc1NC(=O)c1ccc(CN(CCc2ccncc2)C(=O)N=C2COC=C(CC3=CC=CCC3)O2)cc1. The lowest BCUT2D eigenvalue weighted by Gasteiger charge is -2.23. The lowest BCUT2D eigenvalue weighted by Crippen LogP contribution is -2.32. The number of amides is 3. The van der Waals surface area contributed by atoms with Crippen molar-refractivity contribution in [3.05, 3.63) is 126 Å². The van der Waals surface area contributed by atoms with Crippen LogP contribution in [0.15, 0.2) is 114 Å². The molecule has 2 aliphatic rings. The Morgan fingerprint density at radius 2 is 1.83 bits per heavy atom. The molecular formula is C33H33N5O4. The zero-order valence-corrected chi connectivity index (χ0v) is 23.2. The van der Waals surface area contributed by atoms with E-state index in [2.05, 4.69) is 27.4 Å². The van der Waals surface area contributed by atoms with Crippen molar-refractivity contribution in [2.75, 3.05) is 24.2 Å². The van der Waals surface area contributed by atoms with Crippen LogP contribution in [0.2, 0.25) is 0 Å². The van der Waals surface area contributed by atoms with Gasteiger partial charge in [-0.15, -0.1) is 0 Å². The molecular weight excluding hydrogens is 530 g/mol. The van der Waals surface area contributed by atoms with Crippen molar-refractivity contribution in [2.45, 2.75) is 32.2 Å². The van der Waals surface area contributed by atoms with Gasteiger partial charge in [-0.3, -0.25) is 9.78 Å². The van der Waals surface area contributed by atoms with Crippen molar-refractivity contribution in [1.82, 2.24) is 9.88 Å². The van der Waals surface area contributed by atoms with E-state index in [0.717, 1.165) is 24.0 Å². The standard InChI is InChI=1S/C33H33N5O4/c34-29-8-4-5-9-30(29)36-32(39)27-12-10-26(11-13-27)21-38(19-16-24-14-17-35-18-15-24)33(40)37-31-23-41-22-28(42-31)20-25-6-2-1-3-7-25/h1-2,4-6,8-15,17-18,22H,3,7,16,19-21,23,34H2,(H,36,39). The maximum Gasteiger partial charge on any atom is 0.346 e. The second kappa shape index (κ2) is 13.9. The maximum atomic E-state index is 13.4. The van der Waals surface area contributed by atoms with Gasteiger partial charge in [0.1, 0.15) is 12.0 Å². The summed E-state index contributed by atoms with van der Waals surface area (Å²) in [6, 6.07) is 17.6. The largest absolute Gasteiger partial charge is 0.488 e. The average molecular weight is 564 g/mol. The number of hydrogen-bond acceptors (Lipinski definition) is 6. The fourth-order valence-electron chi connectivity index (χ4n) is 4.59. The highest BCUT2D eigenvalue weighted by molar-refractivity contribution is 6.05. The fourth-order valence-corrected chi connectivity index (χ4v) is 4.59. The van der Waals surface area contributed by atoms with Gasteiger partial charge in [-0.2, -0.15) is 4.99 Å². The number of anilines is 2. The predicted molar refractivity (Wildman–Crippen MR) is 163 cm³/mol. The minimum atomic E-state index is -0.426. The number of benzene rings is 2. The van der Waals surface area contributed by atoms with Crippen LogP contribution in [0.3, 0.4) is 0 Å². The van der Waals surface area contributed by atoms with Crippen molar-refractivity contribution in [1.29, 1.82) is 0 Å². The van der Waals surface area contributed by atoms with E-state index in [0.29, 0.717) is 48.6 Å². The molecule has 3 aromatic rings. The number of nitrogens with zero attached hydrogens (tertiary/aromatic N) is 3. The fraction of sp³-hybridized carbons (Fsp3) is 0.212. The van der Waals surface area contributed by atoms with E-state index in [9.17, 15) is 9.59 Å². The summed E-state index contributed by atoms with van der Waals surface area (Å²) in [5.41, 5.74) is 10.6. The number of urea groups is 1. The highest BCUT2D eigenvalue weighted by atomic mass is 16.6. The first-order chi connectivity index (χ1) is 20.5. The summed E-state index contributed by atoms with van der Waals surface area (Å²) in [5.74, 6) is 0.587. The zero-order valence-electron chi connectivity index (χ0n) is 23.2. The van der Waals surface area contributed by atoms with Crippen molar-refractivity contribution in [2.24, 2.45) is 4.99 Å². The smallest absolute Gasteiger partial charge is 0.346 e. The van der Waals surface area contributed by atoms with E-state index >= 15 is 0 Å². The van der Waals surface area contributed by atoms with Crippen LogP contribution < -0.4 is 11.1 Å². The number of nitrogens with two attached hydrogens (primary N) is 1. The average Bonchev–Trinajstić information content (AvgIpc) is 3.02. The molecule has 2 heterocycles. The number of carbonyl (C=O) groups excluding carboxylic acids is 2. The molecule has 0 saturated heterocycles. The third-order valence-corrected chi connectivity index (χ3v) is 6.88. The van der Waals surface area contributed by atoms with Gasteiger partial charge in [0.05, 0.1) is 11.4 Å². The van der Waals surface area contributed by atoms with Gasteiger partial charge in [0.2, 0.25) is 5.90 Å². The lowest BCUT2D eigenvalue weighted by molar-refractivity contribution is 0.102. The van der Waals surface area contributed by atoms with Crippen LogP contribution in [-0.2, 0) is 22.4 Å². The monoisotopic (exact) mass is 563 g/mol. The summed E-state index contributed by atoms with van der Waals surface area (Å²) in [5, 5.41) is 2.83. The Balaban J connectivity index is 1.26. The molecule has 2 aromatic carbocycles. The Hall–Kier alpha value is -5.18. The van der Waals surface area contributed by atoms with E-state index in [1.165, 1.54) is 5.57 Å². The number of aromatic nitrogens is 1. The molecule has 1 aliphatic carbocycles. The number of rotatable bonds is 9. The molecule has 0 saturated carbocycles. The van der Waals surface area contributed by atoms with Crippen LogP contribution in [0, 0.1) is 0 Å². The molecule has 3 N–H and O–H groups in total. The second-order valence-corrected chi connectivity index (χ2v) is 10.0. The number of ether oxygens (including phenoxy) is 2. The van der Waals surface area contributed by atoms with Crippen LogP contribution >= 0.6 is 0 Å². The van der Waals surface area contributed by atoms with Crippen LogP contribution in [0.25, 0.3) is 0 Å². The van der Waals surface area contributed by atoms with Gasteiger partial charge in [-0.1, -0.05) is 48.1 Å². The van der Waals surface area contributed by atoms with Crippen molar-refractivity contribution in [3.63, 3.8) is 0 Å². The highest BCUT2D eigenvalue weighted by Gasteiger charge is 2.20. The molecule has 1 aromatic heterocycles. The summed E-state index contributed by atoms with van der Waals surface area (Å²) < 4.78 is 11.5. The molecule has 0 unspecified atom stereocenters. The maximum absolute atomic E-state index is 13.4. The van der Waals surface area contributed by atoms with E-state index in [1.54, 1.807) is 47.8 Å². The molecule has 5 rings (SSSR count). The number of aliphatic imine (C=N–C) groups is 1. The quantitative estimate of drug-likeness (QED) is 0.307. The van der Waals surface area contributed by atoms with Crippen LogP contribution in [-0.4, -0.2) is 40.9 Å². The number of carbonyl (C=O) groups is 2. The normalized spacial score (nSPS) is 15.2. The molecule has 0 fully saturated rings. The number of para-hydroxylation sites is 2. The van der Waals surface area contributed by atoms with Crippen LogP contribution in [0.1, 0.15) is 40.7 Å². The lowest BCUT2D eigenvalue weighted by atomic mass is 10.0. The molecule has 9 heteroatoms. The van der Waals surface area contributed by atoms with Crippen molar-refractivity contribution >= 4 is 29.2 Å². The van der Waals surface area contributed by atoms with Crippen LogP contribution in [0.4, 0.5) is 16.2 Å². The zero-order chi connectivity index (χ0) is 29.1. The van der Waals surface area contributed by atoms with Gasteiger partial charge in [-0.05, 0) is 66.8 Å². The van der Waals surface area contributed by atoms with Crippen molar-refractivity contribution < 1.29 is 19.1 Å². The summed E-state index contributed by atoms with van der Waals surface area (Å²) in [4.78, 5) is 36.2. The van der Waals surface area contributed by atoms with E-state index < -0.39 is 6.03 Å². The Morgan fingerprint density at radius 3 is 2.60 bits per heavy atom. The first kappa shape index (κ1) is 28.4. The minimum absolute atomic E-state index is 0.0854. The summed E-state index contributed by atoms with van der Waals surface area (Å²) >= 11 is 0. The molecule has 3 amide bonds.